The summed E-state index contributed by atoms with van der Waals surface area (Å²) in [5, 5.41) is 12.1. The molecule has 0 aliphatic carbocycles. The Hall–Kier alpha value is -3.14. The molecule has 3 aromatic heterocycles. The van der Waals surface area contributed by atoms with E-state index in [1.165, 1.54) is 10.7 Å². The number of aromatic nitrogens is 5. The number of halogens is 3. The third kappa shape index (κ3) is 4.66. The molecule has 0 radical (unpaired) electrons. The van der Waals surface area contributed by atoms with Crippen molar-refractivity contribution in [2.45, 2.75) is 47.2 Å². The highest BCUT2D eigenvalue weighted by molar-refractivity contribution is 9.10. The van der Waals surface area contributed by atoms with Crippen molar-refractivity contribution in [1.29, 1.82) is 0 Å². The molecule has 33 heavy (non-hydrogen) atoms. The van der Waals surface area contributed by atoms with Crippen LogP contribution in [0.25, 0.3) is 11.0 Å². The largest absolute Gasteiger partial charge is 0.321 e. The molecule has 172 valence electrons. The van der Waals surface area contributed by atoms with Crippen LogP contribution >= 0.6 is 15.9 Å². The van der Waals surface area contributed by atoms with E-state index in [1.807, 2.05) is 42.8 Å². The van der Waals surface area contributed by atoms with E-state index >= 15 is 0 Å². The summed E-state index contributed by atoms with van der Waals surface area (Å²) in [6.07, 6.45) is -2.65. The first-order chi connectivity index (χ1) is 15.6. The number of hydrogen-bond acceptors (Lipinski definition) is 4. The van der Waals surface area contributed by atoms with E-state index in [9.17, 15) is 13.6 Å². The van der Waals surface area contributed by atoms with E-state index in [1.54, 1.807) is 13.8 Å². The zero-order valence-corrected chi connectivity index (χ0v) is 20.2. The maximum absolute atomic E-state index is 13.5. The first-order valence-corrected chi connectivity index (χ1v) is 11.1. The normalized spacial score (nSPS) is 11.5. The lowest BCUT2D eigenvalue weighted by Crippen LogP contribution is -2.20. The van der Waals surface area contributed by atoms with Gasteiger partial charge in [0.1, 0.15) is 6.54 Å². The summed E-state index contributed by atoms with van der Waals surface area (Å²) in [6, 6.07) is 9.31. The van der Waals surface area contributed by atoms with E-state index < -0.39 is 6.43 Å². The number of amides is 1. The van der Waals surface area contributed by atoms with Gasteiger partial charge in [0.05, 0.1) is 34.7 Å². The predicted octanol–water partition coefficient (Wildman–Crippen LogP) is 5.25. The zero-order valence-electron chi connectivity index (χ0n) is 18.7. The maximum atomic E-state index is 13.5. The zero-order chi connectivity index (χ0) is 23.9. The van der Waals surface area contributed by atoms with Crippen LogP contribution < -0.4 is 5.32 Å². The molecule has 0 atom stereocenters. The summed E-state index contributed by atoms with van der Waals surface area (Å²) in [4.78, 5) is 17.2. The van der Waals surface area contributed by atoms with Gasteiger partial charge in [-0.15, -0.1) is 0 Å². The van der Waals surface area contributed by atoms with Crippen molar-refractivity contribution in [3.05, 3.63) is 68.7 Å². The summed E-state index contributed by atoms with van der Waals surface area (Å²) < 4.78 is 31.3. The minimum atomic E-state index is -2.65. The SMILES string of the molecule is Cc1cc(C(F)F)c2c(C)nn(CC(=O)Nc3c(C)nn(Cc4ccc(Br)cc4)c3C)c2n1. The lowest BCUT2D eigenvalue weighted by atomic mass is 10.1. The Morgan fingerprint density at radius 3 is 2.39 bits per heavy atom. The molecule has 10 heteroatoms. The van der Waals surface area contributed by atoms with Gasteiger partial charge < -0.3 is 5.32 Å². The lowest BCUT2D eigenvalue weighted by molar-refractivity contribution is -0.116. The van der Waals surface area contributed by atoms with E-state index in [2.05, 4.69) is 36.4 Å². The van der Waals surface area contributed by atoms with Gasteiger partial charge in [0, 0.05) is 15.7 Å². The molecule has 0 fully saturated rings. The van der Waals surface area contributed by atoms with Gasteiger partial charge in [0.25, 0.3) is 6.43 Å². The van der Waals surface area contributed by atoms with Crippen molar-refractivity contribution < 1.29 is 13.6 Å². The maximum Gasteiger partial charge on any atom is 0.264 e. The van der Waals surface area contributed by atoms with E-state index in [0.29, 0.717) is 29.3 Å². The van der Waals surface area contributed by atoms with Crippen molar-refractivity contribution >= 4 is 38.6 Å². The molecule has 0 spiro atoms. The Morgan fingerprint density at radius 2 is 1.73 bits per heavy atom. The number of rotatable bonds is 6. The molecule has 0 bridgehead atoms. The Labute approximate surface area is 197 Å². The standard InChI is InChI=1S/C23H23BrF2N6O/c1-12-9-18(22(25)26)20-13(2)29-32(23(20)27-12)11-19(33)28-21-14(3)30-31(15(21)4)10-16-5-7-17(24)8-6-16/h5-9,22H,10-11H2,1-4H3,(H,28,33). The molecule has 7 nitrogen and oxygen atoms in total. The third-order valence-corrected chi connectivity index (χ3v) is 5.98. The average molecular weight is 517 g/mol. The number of pyridine rings is 1. The second-order valence-electron chi connectivity index (χ2n) is 7.97. The molecule has 0 aliphatic heterocycles. The van der Waals surface area contributed by atoms with Crippen LogP contribution in [-0.4, -0.2) is 30.5 Å². The monoisotopic (exact) mass is 516 g/mol. The van der Waals surface area contributed by atoms with Crippen LogP contribution in [0.3, 0.4) is 0 Å². The Kier molecular flexibility index (Phi) is 6.29. The van der Waals surface area contributed by atoms with Gasteiger partial charge in [-0.05, 0) is 51.5 Å². The second kappa shape index (κ2) is 9.01. The molecular weight excluding hydrogens is 494 g/mol. The van der Waals surface area contributed by atoms with Gasteiger partial charge in [-0.2, -0.15) is 10.2 Å². The third-order valence-electron chi connectivity index (χ3n) is 5.46. The highest BCUT2D eigenvalue weighted by Gasteiger charge is 2.21. The Bertz CT molecular complexity index is 1340. The van der Waals surface area contributed by atoms with Crippen molar-refractivity contribution in [1.82, 2.24) is 24.5 Å². The highest BCUT2D eigenvalue weighted by Crippen LogP contribution is 2.30. The smallest absolute Gasteiger partial charge is 0.264 e. The number of aryl methyl sites for hydroxylation is 3. The van der Waals surface area contributed by atoms with Gasteiger partial charge in [-0.1, -0.05) is 28.1 Å². The fraction of sp³-hybridized carbons (Fsp3) is 0.304. The quantitative estimate of drug-likeness (QED) is 0.379. The summed E-state index contributed by atoms with van der Waals surface area (Å²) in [6.45, 7) is 7.42. The summed E-state index contributed by atoms with van der Waals surface area (Å²) >= 11 is 3.43. The van der Waals surface area contributed by atoms with Gasteiger partial charge in [0.15, 0.2) is 5.65 Å². The topological polar surface area (TPSA) is 77.6 Å². The van der Waals surface area contributed by atoms with Crippen LogP contribution in [0.4, 0.5) is 14.5 Å². The molecule has 1 amide bonds. The van der Waals surface area contributed by atoms with Crippen LogP contribution in [0.5, 0.6) is 0 Å². The van der Waals surface area contributed by atoms with Crippen LogP contribution in [0.15, 0.2) is 34.8 Å². The van der Waals surface area contributed by atoms with Crippen molar-refractivity contribution in [2.24, 2.45) is 0 Å². The van der Waals surface area contributed by atoms with Crippen molar-refractivity contribution in [3.63, 3.8) is 0 Å². The first-order valence-electron chi connectivity index (χ1n) is 10.3. The van der Waals surface area contributed by atoms with Crippen LogP contribution in [0.2, 0.25) is 0 Å². The molecule has 0 unspecified atom stereocenters. The Morgan fingerprint density at radius 1 is 1.06 bits per heavy atom. The number of nitrogens with zero attached hydrogens (tertiary/aromatic N) is 5. The van der Waals surface area contributed by atoms with E-state index in [-0.39, 0.29) is 29.0 Å². The molecular formula is C23H23BrF2N6O. The number of hydrogen-bond donors (Lipinski definition) is 1. The highest BCUT2D eigenvalue weighted by atomic mass is 79.9. The van der Waals surface area contributed by atoms with Crippen LogP contribution in [-0.2, 0) is 17.9 Å². The minimum Gasteiger partial charge on any atom is -0.321 e. The molecule has 1 N–H and O–H groups in total. The summed E-state index contributed by atoms with van der Waals surface area (Å²) in [5.41, 5.74) is 4.22. The number of anilines is 1. The number of benzene rings is 1. The summed E-state index contributed by atoms with van der Waals surface area (Å²) in [7, 11) is 0. The van der Waals surface area contributed by atoms with Crippen molar-refractivity contribution in [3.8, 4) is 0 Å². The summed E-state index contributed by atoms with van der Waals surface area (Å²) in [5.74, 6) is -0.337. The lowest BCUT2D eigenvalue weighted by Gasteiger charge is -2.09. The average Bonchev–Trinajstić information content (AvgIpc) is 3.19. The van der Waals surface area contributed by atoms with Gasteiger partial charge >= 0.3 is 0 Å². The van der Waals surface area contributed by atoms with E-state index in [0.717, 1.165) is 15.7 Å². The fourth-order valence-corrected chi connectivity index (χ4v) is 4.17. The molecule has 0 saturated heterocycles. The molecule has 4 rings (SSSR count). The molecule has 0 saturated carbocycles. The fourth-order valence-electron chi connectivity index (χ4n) is 3.91. The molecule has 4 aromatic rings. The second-order valence-corrected chi connectivity index (χ2v) is 8.89. The number of nitrogens with one attached hydrogen (secondary N) is 1. The van der Waals surface area contributed by atoms with Gasteiger partial charge in [0.2, 0.25) is 5.91 Å². The molecule has 1 aromatic carbocycles. The van der Waals surface area contributed by atoms with Gasteiger partial charge in [-0.25, -0.2) is 18.4 Å². The number of carbonyl (C=O) groups is 1. The number of carbonyl (C=O) groups excluding carboxylic acids is 1. The van der Waals surface area contributed by atoms with E-state index in [4.69, 9.17) is 0 Å². The van der Waals surface area contributed by atoms with Crippen molar-refractivity contribution in [2.75, 3.05) is 5.32 Å². The predicted molar refractivity (Wildman–Crippen MR) is 126 cm³/mol. The first kappa shape index (κ1) is 23.0. The minimum absolute atomic E-state index is 0.123. The molecule has 0 aliphatic rings. The van der Waals surface area contributed by atoms with Crippen LogP contribution in [0.1, 0.15) is 40.3 Å². The van der Waals surface area contributed by atoms with Crippen LogP contribution in [0, 0.1) is 27.7 Å². The molecule has 3 heterocycles. The number of alkyl halides is 2. The Balaban J connectivity index is 1.57. The van der Waals surface area contributed by atoms with Gasteiger partial charge in [-0.3, -0.25) is 9.48 Å². The number of fused-ring (bicyclic) bond motifs is 1.